The van der Waals surface area contributed by atoms with E-state index in [1.807, 2.05) is 24.3 Å². The van der Waals surface area contributed by atoms with Crippen LogP contribution in [-0.2, 0) is 16.1 Å². The number of halogens is 1. The van der Waals surface area contributed by atoms with Crippen molar-refractivity contribution in [2.45, 2.75) is 26.2 Å². The van der Waals surface area contributed by atoms with Crippen molar-refractivity contribution < 1.29 is 9.47 Å². The van der Waals surface area contributed by atoms with Gasteiger partial charge in [-0.1, -0.05) is 30.7 Å². The predicted octanol–water partition coefficient (Wildman–Crippen LogP) is 3.24. The van der Waals surface area contributed by atoms with Crippen LogP contribution in [-0.4, -0.2) is 12.9 Å². The summed E-state index contributed by atoms with van der Waals surface area (Å²) in [6, 6.07) is 7.69. The SMILES string of the molecule is C[C@H]1COC(OCc2ccc(Cl)cc2)C1. The van der Waals surface area contributed by atoms with Crippen LogP contribution in [0, 0.1) is 5.92 Å². The molecule has 0 saturated carbocycles. The molecule has 0 spiro atoms. The van der Waals surface area contributed by atoms with Crippen LogP contribution >= 0.6 is 11.6 Å². The molecule has 1 aromatic carbocycles. The molecule has 2 atom stereocenters. The van der Waals surface area contributed by atoms with E-state index in [-0.39, 0.29) is 6.29 Å². The zero-order chi connectivity index (χ0) is 10.7. The molecule has 1 aliphatic rings. The Morgan fingerprint density at radius 1 is 1.40 bits per heavy atom. The third-order valence-corrected chi connectivity index (χ3v) is 2.76. The van der Waals surface area contributed by atoms with Crippen LogP contribution in [0.4, 0.5) is 0 Å². The first kappa shape index (κ1) is 10.9. The number of ether oxygens (including phenoxy) is 2. The van der Waals surface area contributed by atoms with Crippen LogP contribution in [0.1, 0.15) is 18.9 Å². The zero-order valence-corrected chi connectivity index (χ0v) is 9.54. The fourth-order valence-electron chi connectivity index (χ4n) is 1.62. The standard InChI is InChI=1S/C12H15ClO2/c1-9-6-12(14-7-9)15-8-10-2-4-11(13)5-3-10/h2-5,9,12H,6-8H2,1H3/t9-,12?/m1/s1. The maximum atomic E-state index is 5.79. The molecule has 1 unspecified atom stereocenters. The molecule has 1 aromatic rings. The molecular weight excluding hydrogens is 212 g/mol. The smallest absolute Gasteiger partial charge is 0.158 e. The van der Waals surface area contributed by atoms with Crippen LogP contribution < -0.4 is 0 Å². The Kier molecular flexibility index (Phi) is 3.62. The number of hydrogen-bond donors (Lipinski definition) is 0. The molecule has 2 nitrogen and oxygen atoms in total. The van der Waals surface area contributed by atoms with Crippen molar-refractivity contribution in [1.29, 1.82) is 0 Å². The molecule has 0 radical (unpaired) electrons. The number of hydrogen-bond acceptors (Lipinski definition) is 2. The maximum absolute atomic E-state index is 5.79. The van der Waals surface area contributed by atoms with Gasteiger partial charge >= 0.3 is 0 Å². The maximum Gasteiger partial charge on any atom is 0.158 e. The molecule has 1 fully saturated rings. The fourth-order valence-corrected chi connectivity index (χ4v) is 1.75. The lowest BCUT2D eigenvalue weighted by molar-refractivity contribution is -0.118. The van der Waals surface area contributed by atoms with Crippen LogP contribution in [0.5, 0.6) is 0 Å². The monoisotopic (exact) mass is 226 g/mol. The molecule has 1 aliphatic heterocycles. The van der Waals surface area contributed by atoms with E-state index < -0.39 is 0 Å². The van der Waals surface area contributed by atoms with Crippen LogP contribution in [0.2, 0.25) is 5.02 Å². The van der Waals surface area contributed by atoms with Crippen molar-refractivity contribution in [2.24, 2.45) is 5.92 Å². The molecule has 2 rings (SSSR count). The molecule has 3 heteroatoms. The van der Waals surface area contributed by atoms with Gasteiger partial charge in [-0.3, -0.25) is 0 Å². The second-order valence-corrected chi connectivity index (χ2v) is 4.48. The third-order valence-electron chi connectivity index (χ3n) is 2.51. The average molecular weight is 227 g/mol. The van der Waals surface area contributed by atoms with Gasteiger partial charge in [0.15, 0.2) is 6.29 Å². The van der Waals surface area contributed by atoms with Gasteiger partial charge in [0.2, 0.25) is 0 Å². The summed E-state index contributed by atoms with van der Waals surface area (Å²) in [5.41, 5.74) is 1.13. The van der Waals surface area contributed by atoms with Gasteiger partial charge in [0.1, 0.15) is 0 Å². The Balaban J connectivity index is 1.80. The van der Waals surface area contributed by atoms with E-state index in [9.17, 15) is 0 Å². The minimum Gasteiger partial charge on any atom is -0.352 e. The Morgan fingerprint density at radius 3 is 2.73 bits per heavy atom. The summed E-state index contributed by atoms with van der Waals surface area (Å²) in [4.78, 5) is 0. The van der Waals surface area contributed by atoms with Gasteiger partial charge in [-0.2, -0.15) is 0 Å². The van der Waals surface area contributed by atoms with Crippen molar-refractivity contribution in [3.05, 3.63) is 34.9 Å². The number of rotatable bonds is 3. The molecule has 0 amide bonds. The fraction of sp³-hybridized carbons (Fsp3) is 0.500. The summed E-state index contributed by atoms with van der Waals surface area (Å²) in [6.45, 7) is 3.57. The average Bonchev–Trinajstić information content (AvgIpc) is 2.64. The molecule has 15 heavy (non-hydrogen) atoms. The second-order valence-electron chi connectivity index (χ2n) is 4.04. The first-order valence-corrected chi connectivity index (χ1v) is 5.59. The highest BCUT2D eigenvalue weighted by Gasteiger charge is 2.22. The zero-order valence-electron chi connectivity index (χ0n) is 8.78. The Bertz CT molecular complexity index is 310. The van der Waals surface area contributed by atoms with Crippen molar-refractivity contribution in [1.82, 2.24) is 0 Å². The largest absolute Gasteiger partial charge is 0.352 e. The predicted molar refractivity (Wildman–Crippen MR) is 59.8 cm³/mol. The van der Waals surface area contributed by atoms with E-state index in [1.165, 1.54) is 0 Å². The summed E-state index contributed by atoms with van der Waals surface area (Å²) in [5.74, 6) is 0.611. The third kappa shape index (κ3) is 3.20. The van der Waals surface area contributed by atoms with Crippen LogP contribution in [0.15, 0.2) is 24.3 Å². The number of benzene rings is 1. The molecular formula is C12H15ClO2. The van der Waals surface area contributed by atoms with E-state index >= 15 is 0 Å². The summed E-state index contributed by atoms with van der Waals surface area (Å²) in [6.07, 6.45) is 0.962. The van der Waals surface area contributed by atoms with Gasteiger partial charge in [-0.15, -0.1) is 0 Å². The second kappa shape index (κ2) is 4.97. The molecule has 0 aromatic heterocycles. The first-order valence-electron chi connectivity index (χ1n) is 5.21. The van der Waals surface area contributed by atoms with Gasteiger partial charge in [-0.05, 0) is 23.6 Å². The highest BCUT2D eigenvalue weighted by Crippen LogP contribution is 2.21. The molecule has 1 heterocycles. The Morgan fingerprint density at radius 2 is 2.13 bits per heavy atom. The Labute approximate surface area is 95.1 Å². The highest BCUT2D eigenvalue weighted by molar-refractivity contribution is 6.30. The molecule has 82 valence electrons. The lowest BCUT2D eigenvalue weighted by atomic mass is 10.1. The highest BCUT2D eigenvalue weighted by atomic mass is 35.5. The van der Waals surface area contributed by atoms with Crippen molar-refractivity contribution in [3.63, 3.8) is 0 Å². The summed E-state index contributed by atoms with van der Waals surface area (Å²) in [7, 11) is 0. The van der Waals surface area contributed by atoms with Gasteiger partial charge in [-0.25, -0.2) is 0 Å². The summed E-state index contributed by atoms with van der Waals surface area (Å²) < 4.78 is 11.1. The first-order chi connectivity index (χ1) is 7.24. The summed E-state index contributed by atoms with van der Waals surface area (Å²) >= 11 is 5.79. The van der Waals surface area contributed by atoms with Crippen LogP contribution in [0.3, 0.4) is 0 Å². The molecule has 0 aliphatic carbocycles. The lowest BCUT2D eigenvalue weighted by Gasteiger charge is -2.10. The van der Waals surface area contributed by atoms with E-state index in [1.54, 1.807) is 0 Å². The topological polar surface area (TPSA) is 18.5 Å². The summed E-state index contributed by atoms with van der Waals surface area (Å²) in [5, 5.41) is 0.754. The van der Waals surface area contributed by atoms with Gasteiger partial charge in [0, 0.05) is 11.4 Å². The van der Waals surface area contributed by atoms with Crippen molar-refractivity contribution >= 4 is 11.6 Å². The molecule has 0 N–H and O–H groups in total. The Hall–Kier alpha value is -0.570. The minimum absolute atomic E-state index is 0.0318. The molecule has 1 saturated heterocycles. The lowest BCUT2D eigenvalue weighted by Crippen LogP contribution is -2.10. The van der Waals surface area contributed by atoms with E-state index in [4.69, 9.17) is 21.1 Å². The minimum atomic E-state index is -0.0318. The van der Waals surface area contributed by atoms with E-state index in [2.05, 4.69) is 6.92 Å². The van der Waals surface area contributed by atoms with Gasteiger partial charge in [0.25, 0.3) is 0 Å². The van der Waals surface area contributed by atoms with Crippen molar-refractivity contribution in [2.75, 3.05) is 6.61 Å². The molecule has 0 bridgehead atoms. The van der Waals surface area contributed by atoms with Gasteiger partial charge in [0.05, 0.1) is 13.2 Å². The van der Waals surface area contributed by atoms with Crippen molar-refractivity contribution in [3.8, 4) is 0 Å². The van der Waals surface area contributed by atoms with Crippen LogP contribution in [0.25, 0.3) is 0 Å². The van der Waals surface area contributed by atoms with E-state index in [0.29, 0.717) is 12.5 Å². The quantitative estimate of drug-likeness (QED) is 0.788. The normalized spacial score (nSPS) is 25.7. The van der Waals surface area contributed by atoms with E-state index in [0.717, 1.165) is 23.6 Å². The van der Waals surface area contributed by atoms with Gasteiger partial charge < -0.3 is 9.47 Å².